The van der Waals surface area contributed by atoms with Crippen LogP contribution >= 0.6 is 0 Å². The molecule has 5 saturated carbocycles. The summed E-state index contributed by atoms with van der Waals surface area (Å²) in [7, 11) is 0. The van der Waals surface area contributed by atoms with Crippen LogP contribution in [-0.4, -0.2) is 58.4 Å². The Kier molecular flexibility index (Phi) is 7.62. The van der Waals surface area contributed by atoms with Crippen LogP contribution in [0.5, 0.6) is 0 Å². The molecular formula is C32H52O6. The van der Waals surface area contributed by atoms with Gasteiger partial charge < -0.3 is 29.2 Å². The molecule has 0 aromatic carbocycles. The van der Waals surface area contributed by atoms with E-state index in [-0.39, 0.29) is 0 Å². The molecule has 0 bridgehead atoms. The number of hydrogen-bond donors (Lipinski definition) is 2. The molecule has 6 heteroatoms. The molecule has 0 spiro atoms. The summed E-state index contributed by atoms with van der Waals surface area (Å²) in [6.07, 6.45) is 20.0. The van der Waals surface area contributed by atoms with Crippen molar-refractivity contribution in [1.82, 2.24) is 0 Å². The maximum atomic E-state index is 11.9. The third-order valence-electron chi connectivity index (χ3n) is 12.0. The highest BCUT2D eigenvalue weighted by molar-refractivity contribution is 5.12. The van der Waals surface area contributed by atoms with E-state index in [1.807, 2.05) is 0 Å². The lowest BCUT2D eigenvalue weighted by Crippen LogP contribution is -2.61. The molecule has 0 unspecified atom stereocenters. The van der Waals surface area contributed by atoms with E-state index in [0.717, 1.165) is 51.4 Å². The summed E-state index contributed by atoms with van der Waals surface area (Å²) >= 11 is 0. The van der Waals surface area contributed by atoms with Crippen LogP contribution in [0, 0.1) is 23.7 Å². The van der Waals surface area contributed by atoms with Crippen molar-refractivity contribution in [3.05, 3.63) is 0 Å². The van der Waals surface area contributed by atoms with Crippen molar-refractivity contribution in [2.24, 2.45) is 23.7 Å². The Morgan fingerprint density at radius 3 is 0.763 bits per heavy atom. The third kappa shape index (κ3) is 4.34. The monoisotopic (exact) mass is 532 g/mol. The highest BCUT2D eigenvalue weighted by Gasteiger charge is 2.69. The third-order valence-corrected chi connectivity index (χ3v) is 12.0. The zero-order valence-electron chi connectivity index (χ0n) is 23.4. The van der Waals surface area contributed by atoms with Gasteiger partial charge >= 0.3 is 0 Å². The lowest BCUT2D eigenvalue weighted by atomic mass is 9.72. The Bertz CT molecular complexity index is 664. The highest BCUT2D eigenvalue weighted by atomic mass is 16.8. The normalized spacial score (nSPS) is 43.1. The van der Waals surface area contributed by atoms with Crippen molar-refractivity contribution in [3.8, 4) is 0 Å². The molecule has 0 radical (unpaired) electrons. The topological polar surface area (TPSA) is 77.4 Å². The summed E-state index contributed by atoms with van der Waals surface area (Å²) in [5, 5.41) is 23.8. The zero-order chi connectivity index (χ0) is 25.7. The van der Waals surface area contributed by atoms with Gasteiger partial charge in [0.15, 0.2) is 11.6 Å². The van der Waals surface area contributed by atoms with Gasteiger partial charge in [-0.25, -0.2) is 0 Å². The summed E-state index contributed by atoms with van der Waals surface area (Å²) in [5.41, 5.74) is 0. The Morgan fingerprint density at radius 2 is 0.553 bits per heavy atom. The molecule has 6 atom stereocenters. The molecule has 2 heterocycles. The summed E-state index contributed by atoms with van der Waals surface area (Å²) < 4.78 is 28.1. The van der Waals surface area contributed by atoms with E-state index in [9.17, 15) is 10.2 Å². The lowest BCUT2D eigenvalue weighted by Gasteiger charge is -2.46. The molecule has 0 aromatic rings. The first-order valence-corrected chi connectivity index (χ1v) is 16.7. The second kappa shape index (κ2) is 10.9. The van der Waals surface area contributed by atoms with Crippen LogP contribution in [0.25, 0.3) is 0 Å². The van der Waals surface area contributed by atoms with Crippen molar-refractivity contribution in [1.29, 1.82) is 0 Å². The molecule has 7 fully saturated rings. The first-order valence-electron chi connectivity index (χ1n) is 16.7. The van der Waals surface area contributed by atoms with Gasteiger partial charge in [-0.1, -0.05) is 77.0 Å². The molecule has 7 aliphatic rings. The van der Waals surface area contributed by atoms with E-state index >= 15 is 0 Å². The van der Waals surface area contributed by atoms with Gasteiger partial charge in [-0.3, -0.25) is 0 Å². The molecule has 5 aliphatic carbocycles. The van der Waals surface area contributed by atoms with Gasteiger partial charge in [-0.15, -0.1) is 0 Å². The molecule has 216 valence electrons. The second-order valence-electron chi connectivity index (χ2n) is 14.1. The SMILES string of the molecule is O[C@@H]1[C@H]2OC(C3CCCCC3)(C3CCCCC3)O[C@H]2[C@@H](O)[C@@H]2OC(C3CCCCC3)(C3CCCCC3)O[C@@H]12. The number of hydrogen-bond acceptors (Lipinski definition) is 6. The zero-order valence-corrected chi connectivity index (χ0v) is 23.4. The van der Waals surface area contributed by atoms with Crippen LogP contribution in [0.3, 0.4) is 0 Å². The van der Waals surface area contributed by atoms with Crippen LogP contribution in [0.2, 0.25) is 0 Å². The number of fused-ring (bicyclic) bond motifs is 2. The Hall–Kier alpha value is -0.240. The van der Waals surface area contributed by atoms with Crippen molar-refractivity contribution in [3.63, 3.8) is 0 Å². The van der Waals surface area contributed by atoms with Crippen molar-refractivity contribution in [2.75, 3.05) is 0 Å². The summed E-state index contributed by atoms with van der Waals surface area (Å²) in [6, 6.07) is 0. The predicted octanol–water partition coefficient (Wildman–Crippen LogP) is 6.00. The van der Waals surface area contributed by atoms with Crippen molar-refractivity contribution >= 4 is 0 Å². The smallest absolute Gasteiger partial charge is 0.175 e. The fourth-order valence-corrected chi connectivity index (χ4v) is 10.1. The highest BCUT2D eigenvalue weighted by Crippen LogP contribution is 2.57. The second-order valence-corrected chi connectivity index (χ2v) is 14.1. The van der Waals surface area contributed by atoms with E-state index in [1.54, 1.807) is 0 Å². The maximum Gasteiger partial charge on any atom is 0.175 e. The minimum Gasteiger partial charge on any atom is -0.387 e. The molecule has 7 rings (SSSR count). The fraction of sp³-hybridized carbons (Fsp3) is 1.00. The quantitative estimate of drug-likeness (QED) is 0.462. The molecule has 6 nitrogen and oxygen atoms in total. The number of rotatable bonds is 4. The van der Waals surface area contributed by atoms with Crippen LogP contribution < -0.4 is 0 Å². The predicted molar refractivity (Wildman–Crippen MR) is 143 cm³/mol. The average molecular weight is 533 g/mol. The Labute approximate surface area is 229 Å². The van der Waals surface area contributed by atoms with E-state index < -0.39 is 48.2 Å². The van der Waals surface area contributed by atoms with Gasteiger partial charge in [0, 0.05) is 23.7 Å². The van der Waals surface area contributed by atoms with E-state index in [0.29, 0.717) is 23.7 Å². The minimum atomic E-state index is -0.837. The van der Waals surface area contributed by atoms with Gasteiger partial charge in [0.1, 0.15) is 36.6 Å². The molecule has 0 aromatic heterocycles. The first kappa shape index (κ1) is 26.6. The van der Waals surface area contributed by atoms with Crippen LogP contribution in [-0.2, 0) is 18.9 Å². The summed E-state index contributed by atoms with van der Waals surface area (Å²) in [5.74, 6) is 0.00895. The van der Waals surface area contributed by atoms with Gasteiger partial charge in [-0.05, 0) is 51.4 Å². The van der Waals surface area contributed by atoms with Crippen LogP contribution in [0.4, 0.5) is 0 Å². The molecule has 38 heavy (non-hydrogen) atoms. The van der Waals surface area contributed by atoms with E-state index in [2.05, 4.69) is 0 Å². The van der Waals surface area contributed by atoms with E-state index in [4.69, 9.17) is 18.9 Å². The van der Waals surface area contributed by atoms with Crippen molar-refractivity contribution < 1.29 is 29.2 Å². The van der Waals surface area contributed by atoms with Gasteiger partial charge in [0.2, 0.25) is 0 Å². The largest absolute Gasteiger partial charge is 0.387 e. The number of ether oxygens (including phenoxy) is 4. The lowest BCUT2D eigenvalue weighted by molar-refractivity contribution is -0.279. The molecular weight excluding hydrogens is 480 g/mol. The average Bonchev–Trinajstić information content (AvgIpc) is 3.61. The van der Waals surface area contributed by atoms with Crippen molar-refractivity contribution in [2.45, 2.75) is 177 Å². The Morgan fingerprint density at radius 1 is 0.342 bits per heavy atom. The standard InChI is InChI=1S/C32H52O6/c33-25-27-28(36-31(35-27,21-13-5-1-6-14-21)22-15-7-2-8-16-22)26(34)30-29(25)37-32(38-30,23-17-9-3-10-18-23)24-19-11-4-12-20-24/h21-30,33-34H,1-20H2/t25-,26-,27-,28-,29-,30+/m0/s1. The summed E-state index contributed by atoms with van der Waals surface area (Å²) in [4.78, 5) is 0. The fourth-order valence-electron chi connectivity index (χ4n) is 10.1. The maximum absolute atomic E-state index is 11.9. The Balaban J connectivity index is 1.18. The van der Waals surface area contributed by atoms with Gasteiger partial charge in [0.05, 0.1) is 0 Å². The summed E-state index contributed by atoms with van der Waals surface area (Å²) in [6.45, 7) is 0. The van der Waals surface area contributed by atoms with Crippen LogP contribution in [0.1, 0.15) is 128 Å². The molecule has 2 saturated heterocycles. The molecule has 2 N–H and O–H groups in total. The van der Waals surface area contributed by atoms with Gasteiger partial charge in [0.25, 0.3) is 0 Å². The number of aliphatic hydroxyl groups excluding tert-OH is 2. The number of aliphatic hydroxyl groups is 2. The molecule has 0 amide bonds. The molecule has 2 aliphatic heterocycles. The minimum absolute atomic E-state index is 0.342. The van der Waals surface area contributed by atoms with Gasteiger partial charge in [-0.2, -0.15) is 0 Å². The first-order chi connectivity index (χ1) is 18.6. The van der Waals surface area contributed by atoms with E-state index in [1.165, 1.54) is 77.0 Å². The van der Waals surface area contributed by atoms with Crippen LogP contribution in [0.15, 0.2) is 0 Å².